The minimum Gasteiger partial charge on any atom is -0.491 e. The number of nitrogens with zero attached hydrogens (tertiary/aromatic N) is 3. The van der Waals surface area contributed by atoms with E-state index in [9.17, 15) is 9.90 Å². The molecule has 0 fully saturated rings. The fraction of sp³-hybridized carbons (Fsp3) is 0.136. The Morgan fingerprint density at radius 3 is 2.62 bits per heavy atom. The Morgan fingerprint density at radius 2 is 1.86 bits per heavy atom. The molecule has 29 heavy (non-hydrogen) atoms. The van der Waals surface area contributed by atoms with Gasteiger partial charge in [-0.2, -0.15) is 9.61 Å². The molecule has 2 aromatic heterocycles. The van der Waals surface area contributed by atoms with Gasteiger partial charge in [-0.25, -0.2) is 4.98 Å². The van der Waals surface area contributed by atoms with Crippen molar-refractivity contribution >= 4 is 11.6 Å². The van der Waals surface area contributed by atoms with Crippen molar-refractivity contribution in [3.63, 3.8) is 0 Å². The third-order valence-electron chi connectivity index (χ3n) is 4.50. The first-order chi connectivity index (χ1) is 14.1. The summed E-state index contributed by atoms with van der Waals surface area (Å²) in [5, 5.41) is 17.4. The number of amides is 1. The van der Waals surface area contributed by atoms with Crippen LogP contribution in [-0.4, -0.2) is 32.2 Å². The number of carbonyl (C=O) groups is 1. The molecule has 0 spiro atoms. The number of aryl methyl sites for hydroxylation is 1. The lowest BCUT2D eigenvalue weighted by atomic mass is 10.1. The molecular weight excluding hydrogens is 368 g/mol. The van der Waals surface area contributed by atoms with Gasteiger partial charge in [0.25, 0.3) is 11.8 Å². The number of carbonyl (C=O) groups excluding carboxylic acids is 1. The lowest BCUT2D eigenvalue weighted by molar-refractivity contribution is 0.0955. The summed E-state index contributed by atoms with van der Waals surface area (Å²) in [5.74, 6) is 0.191. The van der Waals surface area contributed by atoms with E-state index in [2.05, 4.69) is 15.4 Å². The Balaban J connectivity index is 1.47. The van der Waals surface area contributed by atoms with Gasteiger partial charge in [0.15, 0.2) is 5.65 Å². The van der Waals surface area contributed by atoms with Crippen molar-refractivity contribution in [1.82, 2.24) is 19.9 Å². The largest absolute Gasteiger partial charge is 0.491 e. The van der Waals surface area contributed by atoms with Crippen LogP contribution in [-0.2, 0) is 6.42 Å². The first kappa shape index (κ1) is 18.5. The van der Waals surface area contributed by atoms with Crippen molar-refractivity contribution in [1.29, 1.82) is 0 Å². The Labute approximate surface area is 167 Å². The van der Waals surface area contributed by atoms with E-state index in [1.165, 1.54) is 22.5 Å². The molecule has 2 heterocycles. The smallest absolute Gasteiger partial charge is 0.260 e. The number of hydrogen-bond donors (Lipinski definition) is 2. The zero-order valence-corrected chi connectivity index (χ0v) is 15.9. The van der Waals surface area contributed by atoms with E-state index < -0.39 is 0 Å². The van der Waals surface area contributed by atoms with E-state index >= 15 is 0 Å². The van der Waals surface area contributed by atoms with E-state index in [1.807, 2.05) is 49.4 Å². The standard InChI is InChI=1S/C22H20N4O3/c1-15-7-9-16(10-8-15)11-12-23-21(27)18-13-25-26-20(18)24-14-19(22(26)28)29-17-5-3-2-4-6-17/h2-10,13-14,28H,11-12H2,1H3,(H,23,27). The monoisotopic (exact) mass is 388 g/mol. The van der Waals surface area contributed by atoms with Crippen molar-refractivity contribution < 1.29 is 14.6 Å². The molecule has 4 rings (SSSR count). The molecule has 0 saturated heterocycles. The summed E-state index contributed by atoms with van der Waals surface area (Å²) in [7, 11) is 0. The fourth-order valence-corrected chi connectivity index (χ4v) is 2.92. The highest BCUT2D eigenvalue weighted by Gasteiger charge is 2.18. The maximum atomic E-state index is 12.5. The lowest BCUT2D eigenvalue weighted by Crippen LogP contribution is -2.25. The molecular formula is C22H20N4O3. The molecule has 0 aliphatic carbocycles. The highest BCUT2D eigenvalue weighted by Crippen LogP contribution is 2.30. The number of benzene rings is 2. The Bertz CT molecular complexity index is 1140. The number of ether oxygens (including phenoxy) is 1. The third-order valence-corrected chi connectivity index (χ3v) is 4.50. The Kier molecular flexibility index (Phi) is 5.11. The second-order valence-electron chi connectivity index (χ2n) is 6.65. The van der Waals surface area contributed by atoms with Crippen LogP contribution in [0.5, 0.6) is 17.4 Å². The van der Waals surface area contributed by atoms with Gasteiger partial charge >= 0.3 is 0 Å². The van der Waals surface area contributed by atoms with E-state index in [1.54, 1.807) is 12.1 Å². The van der Waals surface area contributed by atoms with Gasteiger partial charge < -0.3 is 15.2 Å². The molecule has 146 valence electrons. The van der Waals surface area contributed by atoms with Crippen LogP contribution in [0.25, 0.3) is 5.65 Å². The van der Waals surface area contributed by atoms with E-state index in [0.29, 0.717) is 12.3 Å². The summed E-state index contributed by atoms with van der Waals surface area (Å²) >= 11 is 0. The minimum absolute atomic E-state index is 0.151. The van der Waals surface area contributed by atoms with Crippen LogP contribution >= 0.6 is 0 Å². The normalized spacial score (nSPS) is 10.8. The van der Waals surface area contributed by atoms with E-state index in [0.717, 1.165) is 12.0 Å². The van der Waals surface area contributed by atoms with Crippen LogP contribution in [0.3, 0.4) is 0 Å². The summed E-state index contributed by atoms with van der Waals surface area (Å²) < 4.78 is 6.82. The molecule has 2 N–H and O–H groups in total. The summed E-state index contributed by atoms with van der Waals surface area (Å²) in [6.07, 6.45) is 3.48. The molecule has 4 aromatic rings. The molecule has 2 aromatic carbocycles. The van der Waals surface area contributed by atoms with Crippen LogP contribution in [0, 0.1) is 6.92 Å². The van der Waals surface area contributed by atoms with Gasteiger partial charge in [0.05, 0.1) is 12.4 Å². The highest BCUT2D eigenvalue weighted by atomic mass is 16.5. The molecule has 0 saturated carbocycles. The zero-order valence-electron chi connectivity index (χ0n) is 15.9. The van der Waals surface area contributed by atoms with Crippen LogP contribution in [0.4, 0.5) is 0 Å². The highest BCUT2D eigenvalue weighted by molar-refractivity contribution is 5.99. The topological polar surface area (TPSA) is 88.8 Å². The molecule has 0 aliphatic rings. The SMILES string of the molecule is Cc1ccc(CCNC(=O)c2cnn3c(O)c(Oc4ccccc4)cnc23)cc1. The van der Waals surface area contributed by atoms with Gasteiger partial charge in [-0.05, 0) is 31.0 Å². The molecule has 7 heteroatoms. The zero-order chi connectivity index (χ0) is 20.2. The quantitative estimate of drug-likeness (QED) is 0.528. The third kappa shape index (κ3) is 4.03. The maximum Gasteiger partial charge on any atom is 0.260 e. The molecule has 1 amide bonds. The van der Waals surface area contributed by atoms with Crippen LogP contribution < -0.4 is 10.1 Å². The lowest BCUT2D eigenvalue weighted by Gasteiger charge is -2.08. The number of nitrogens with one attached hydrogen (secondary N) is 1. The summed E-state index contributed by atoms with van der Waals surface area (Å²) in [4.78, 5) is 16.8. The summed E-state index contributed by atoms with van der Waals surface area (Å²) in [6, 6.07) is 17.2. The van der Waals surface area contributed by atoms with Gasteiger partial charge in [-0.3, -0.25) is 4.79 Å². The van der Waals surface area contributed by atoms with Gasteiger partial charge in [0.2, 0.25) is 5.75 Å². The number of aromatic nitrogens is 3. The molecule has 0 atom stereocenters. The number of hydrogen-bond acceptors (Lipinski definition) is 5. The average molecular weight is 388 g/mol. The molecule has 0 aliphatic heterocycles. The van der Waals surface area contributed by atoms with Crippen molar-refractivity contribution in [3.05, 3.63) is 83.7 Å². The van der Waals surface area contributed by atoms with Crippen molar-refractivity contribution in [2.75, 3.05) is 6.54 Å². The maximum absolute atomic E-state index is 12.5. The molecule has 0 radical (unpaired) electrons. The van der Waals surface area contributed by atoms with Crippen LogP contribution in [0.15, 0.2) is 67.0 Å². The second-order valence-corrected chi connectivity index (χ2v) is 6.65. The Morgan fingerprint density at radius 1 is 1.10 bits per heavy atom. The van der Waals surface area contributed by atoms with Crippen LogP contribution in [0.2, 0.25) is 0 Å². The molecule has 0 bridgehead atoms. The van der Waals surface area contributed by atoms with Gasteiger partial charge in [-0.1, -0.05) is 48.0 Å². The first-order valence-corrected chi connectivity index (χ1v) is 9.24. The molecule has 0 unspecified atom stereocenters. The van der Waals surface area contributed by atoms with Gasteiger partial charge in [0, 0.05) is 6.54 Å². The number of para-hydroxylation sites is 1. The number of aromatic hydroxyl groups is 1. The van der Waals surface area contributed by atoms with E-state index in [-0.39, 0.29) is 28.7 Å². The van der Waals surface area contributed by atoms with Gasteiger partial charge in [-0.15, -0.1) is 0 Å². The average Bonchev–Trinajstić information content (AvgIpc) is 3.17. The van der Waals surface area contributed by atoms with Crippen molar-refractivity contribution in [2.24, 2.45) is 0 Å². The summed E-state index contributed by atoms with van der Waals surface area (Å²) in [6.45, 7) is 2.52. The van der Waals surface area contributed by atoms with Gasteiger partial charge in [0.1, 0.15) is 11.3 Å². The van der Waals surface area contributed by atoms with E-state index in [4.69, 9.17) is 4.74 Å². The number of rotatable bonds is 6. The predicted octanol–water partition coefficient (Wildman–Crippen LogP) is 3.51. The van der Waals surface area contributed by atoms with Crippen molar-refractivity contribution in [3.8, 4) is 17.4 Å². The summed E-state index contributed by atoms with van der Waals surface area (Å²) in [5.41, 5.74) is 2.89. The Hall–Kier alpha value is -3.87. The predicted molar refractivity (Wildman–Crippen MR) is 108 cm³/mol. The molecule has 7 nitrogen and oxygen atoms in total. The second kappa shape index (κ2) is 8.02. The van der Waals surface area contributed by atoms with Crippen LogP contribution in [0.1, 0.15) is 21.5 Å². The fourth-order valence-electron chi connectivity index (χ4n) is 2.92. The first-order valence-electron chi connectivity index (χ1n) is 9.24. The van der Waals surface area contributed by atoms with Crippen molar-refractivity contribution in [2.45, 2.75) is 13.3 Å². The number of fused-ring (bicyclic) bond motifs is 1. The minimum atomic E-state index is -0.296.